The zero-order chi connectivity index (χ0) is 10.7. The van der Waals surface area contributed by atoms with Crippen LogP contribution in [0.2, 0.25) is 0 Å². The summed E-state index contributed by atoms with van der Waals surface area (Å²) in [5, 5.41) is 7.85. The molecule has 82 valence electrons. The van der Waals surface area contributed by atoms with E-state index in [0.29, 0.717) is 17.4 Å². The highest BCUT2D eigenvalue weighted by Gasteiger charge is 2.15. The molecule has 0 aliphatic carbocycles. The van der Waals surface area contributed by atoms with Crippen molar-refractivity contribution in [3.05, 3.63) is 11.8 Å². The van der Waals surface area contributed by atoms with Gasteiger partial charge in [-0.05, 0) is 31.2 Å². The molecule has 1 aromatic rings. The molecule has 2 rings (SSSR count). The van der Waals surface area contributed by atoms with Crippen LogP contribution in [0.1, 0.15) is 18.5 Å². The predicted octanol–water partition coefficient (Wildman–Crippen LogP) is 0.610. The van der Waals surface area contributed by atoms with E-state index in [1.54, 1.807) is 0 Å². The van der Waals surface area contributed by atoms with E-state index in [-0.39, 0.29) is 0 Å². The lowest BCUT2D eigenvalue weighted by Crippen LogP contribution is -2.18. The number of anilines is 2. The summed E-state index contributed by atoms with van der Waals surface area (Å²) in [6.07, 6.45) is 3.10. The number of nitrogens with zero attached hydrogens (tertiary/aromatic N) is 2. The number of hydrogen-bond donors (Lipinski definition) is 2. The largest absolute Gasteiger partial charge is 0.396 e. The Kier molecular flexibility index (Phi) is 3.01. The highest BCUT2D eigenvalue weighted by molar-refractivity contribution is 5.57. The zero-order valence-corrected chi connectivity index (χ0v) is 8.65. The Morgan fingerprint density at radius 3 is 2.67 bits per heavy atom. The SMILES string of the molecule is Nc1cc(CC2CCOCC2)nnc1N. The first-order valence-corrected chi connectivity index (χ1v) is 5.21. The van der Waals surface area contributed by atoms with Gasteiger partial charge in [0, 0.05) is 13.2 Å². The molecule has 5 nitrogen and oxygen atoms in total. The van der Waals surface area contributed by atoms with Gasteiger partial charge in [-0.15, -0.1) is 5.10 Å². The van der Waals surface area contributed by atoms with Crippen LogP contribution >= 0.6 is 0 Å². The topological polar surface area (TPSA) is 87.0 Å². The van der Waals surface area contributed by atoms with Crippen LogP contribution in [-0.4, -0.2) is 23.4 Å². The van der Waals surface area contributed by atoms with Gasteiger partial charge in [-0.1, -0.05) is 0 Å². The maximum Gasteiger partial charge on any atom is 0.169 e. The summed E-state index contributed by atoms with van der Waals surface area (Å²) in [7, 11) is 0. The number of aromatic nitrogens is 2. The molecule has 0 amide bonds. The second-order valence-electron chi connectivity index (χ2n) is 3.94. The third-order valence-electron chi connectivity index (χ3n) is 2.74. The molecule has 0 radical (unpaired) electrons. The predicted molar refractivity (Wildman–Crippen MR) is 58.1 cm³/mol. The molecule has 4 N–H and O–H groups in total. The highest BCUT2D eigenvalue weighted by Crippen LogP contribution is 2.20. The van der Waals surface area contributed by atoms with Crippen LogP contribution in [0.3, 0.4) is 0 Å². The van der Waals surface area contributed by atoms with Gasteiger partial charge in [0.1, 0.15) is 0 Å². The van der Waals surface area contributed by atoms with E-state index in [9.17, 15) is 0 Å². The normalized spacial score (nSPS) is 17.9. The fraction of sp³-hybridized carbons (Fsp3) is 0.600. The van der Waals surface area contributed by atoms with Gasteiger partial charge in [0.05, 0.1) is 11.4 Å². The molecule has 0 saturated carbocycles. The molecule has 2 heterocycles. The van der Waals surface area contributed by atoms with Crippen molar-refractivity contribution in [2.45, 2.75) is 19.3 Å². The molecule has 1 fully saturated rings. The van der Waals surface area contributed by atoms with Gasteiger partial charge in [-0.25, -0.2) is 0 Å². The van der Waals surface area contributed by atoms with E-state index in [1.807, 2.05) is 6.07 Å². The first-order valence-electron chi connectivity index (χ1n) is 5.21. The molecule has 0 unspecified atom stereocenters. The second kappa shape index (κ2) is 4.44. The quantitative estimate of drug-likeness (QED) is 0.743. The maximum absolute atomic E-state index is 5.67. The van der Waals surface area contributed by atoms with E-state index in [0.717, 1.165) is 38.2 Å². The van der Waals surface area contributed by atoms with Gasteiger partial charge in [0.25, 0.3) is 0 Å². The first-order chi connectivity index (χ1) is 7.25. The van der Waals surface area contributed by atoms with E-state index in [4.69, 9.17) is 16.2 Å². The summed E-state index contributed by atoms with van der Waals surface area (Å²) in [5.74, 6) is 0.946. The average molecular weight is 208 g/mol. The van der Waals surface area contributed by atoms with Crippen LogP contribution in [0.4, 0.5) is 11.5 Å². The van der Waals surface area contributed by atoms with Crippen LogP contribution in [-0.2, 0) is 11.2 Å². The summed E-state index contributed by atoms with van der Waals surface area (Å²) in [5.41, 5.74) is 12.6. The van der Waals surface area contributed by atoms with E-state index in [1.165, 1.54) is 0 Å². The van der Waals surface area contributed by atoms with Crippen molar-refractivity contribution >= 4 is 11.5 Å². The number of nitrogens with two attached hydrogens (primary N) is 2. The van der Waals surface area contributed by atoms with Crippen molar-refractivity contribution in [2.75, 3.05) is 24.7 Å². The summed E-state index contributed by atoms with van der Waals surface area (Å²) >= 11 is 0. The van der Waals surface area contributed by atoms with Crippen LogP contribution in [0.25, 0.3) is 0 Å². The molecule has 1 aliphatic rings. The fourth-order valence-electron chi connectivity index (χ4n) is 1.80. The van der Waals surface area contributed by atoms with Crippen LogP contribution in [0, 0.1) is 5.92 Å². The van der Waals surface area contributed by atoms with E-state index < -0.39 is 0 Å². The van der Waals surface area contributed by atoms with Crippen molar-refractivity contribution in [1.82, 2.24) is 10.2 Å². The summed E-state index contributed by atoms with van der Waals surface area (Å²) in [6.45, 7) is 1.70. The van der Waals surface area contributed by atoms with Gasteiger partial charge in [0.15, 0.2) is 5.82 Å². The Morgan fingerprint density at radius 2 is 2.00 bits per heavy atom. The molecule has 15 heavy (non-hydrogen) atoms. The standard InChI is InChI=1S/C10H16N4O/c11-9-6-8(13-14-10(9)12)5-7-1-3-15-4-2-7/h6-7H,1-5H2,(H2,11,13)(H2,12,14). The molecular formula is C10H16N4O. The van der Waals surface area contributed by atoms with E-state index in [2.05, 4.69) is 10.2 Å². The Morgan fingerprint density at radius 1 is 1.27 bits per heavy atom. The number of ether oxygens (including phenoxy) is 1. The van der Waals surface area contributed by atoms with Crippen molar-refractivity contribution in [2.24, 2.45) is 5.92 Å². The molecular weight excluding hydrogens is 192 g/mol. The first kappa shape index (κ1) is 10.2. The molecule has 1 saturated heterocycles. The Balaban J connectivity index is 2.00. The molecule has 0 atom stereocenters. The fourth-order valence-corrected chi connectivity index (χ4v) is 1.80. The number of rotatable bonds is 2. The minimum atomic E-state index is 0.311. The van der Waals surface area contributed by atoms with Gasteiger partial charge < -0.3 is 16.2 Å². The minimum absolute atomic E-state index is 0.311. The van der Waals surface area contributed by atoms with Gasteiger partial charge >= 0.3 is 0 Å². The van der Waals surface area contributed by atoms with Crippen LogP contribution < -0.4 is 11.5 Å². The molecule has 1 aliphatic heterocycles. The van der Waals surface area contributed by atoms with Crippen molar-refractivity contribution in [3.63, 3.8) is 0 Å². The molecule has 1 aromatic heterocycles. The number of hydrogen-bond acceptors (Lipinski definition) is 5. The summed E-state index contributed by atoms with van der Waals surface area (Å²) in [6, 6.07) is 1.82. The second-order valence-corrected chi connectivity index (χ2v) is 3.94. The third kappa shape index (κ3) is 2.56. The Labute approximate surface area is 88.8 Å². The van der Waals surface area contributed by atoms with E-state index >= 15 is 0 Å². The smallest absolute Gasteiger partial charge is 0.169 e. The van der Waals surface area contributed by atoms with Crippen LogP contribution in [0.5, 0.6) is 0 Å². The lowest BCUT2D eigenvalue weighted by molar-refractivity contribution is 0.0662. The Bertz CT molecular complexity index is 336. The van der Waals surface area contributed by atoms with Crippen molar-refractivity contribution in [1.29, 1.82) is 0 Å². The lowest BCUT2D eigenvalue weighted by Gasteiger charge is -2.21. The number of nitrogen functional groups attached to an aromatic ring is 2. The average Bonchev–Trinajstić information content (AvgIpc) is 2.25. The minimum Gasteiger partial charge on any atom is -0.396 e. The lowest BCUT2D eigenvalue weighted by atomic mass is 9.95. The summed E-state index contributed by atoms with van der Waals surface area (Å²) in [4.78, 5) is 0. The van der Waals surface area contributed by atoms with Gasteiger partial charge in [-0.2, -0.15) is 5.10 Å². The zero-order valence-electron chi connectivity index (χ0n) is 8.65. The maximum atomic E-state index is 5.67. The Hall–Kier alpha value is -1.36. The van der Waals surface area contributed by atoms with Crippen LogP contribution in [0.15, 0.2) is 6.07 Å². The highest BCUT2D eigenvalue weighted by atomic mass is 16.5. The molecule has 0 aromatic carbocycles. The van der Waals surface area contributed by atoms with Crippen molar-refractivity contribution < 1.29 is 4.74 Å². The van der Waals surface area contributed by atoms with Gasteiger partial charge in [-0.3, -0.25) is 0 Å². The molecule has 0 bridgehead atoms. The molecule has 0 spiro atoms. The third-order valence-corrected chi connectivity index (χ3v) is 2.74. The molecule has 5 heteroatoms. The van der Waals surface area contributed by atoms with Gasteiger partial charge in [0.2, 0.25) is 0 Å². The van der Waals surface area contributed by atoms with Crippen molar-refractivity contribution in [3.8, 4) is 0 Å². The summed E-state index contributed by atoms with van der Waals surface area (Å²) < 4.78 is 5.30. The monoisotopic (exact) mass is 208 g/mol.